The topological polar surface area (TPSA) is 81.0 Å². The molecule has 0 spiro atoms. The van der Waals surface area contributed by atoms with Gasteiger partial charge in [-0.1, -0.05) is 24.3 Å². The predicted octanol–water partition coefficient (Wildman–Crippen LogP) is 5.51. The normalized spacial score (nSPS) is 10.9. The van der Waals surface area contributed by atoms with Crippen molar-refractivity contribution in [2.45, 2.75) is 13.1 Å². The van der Waals surface area contributed by atoms with E-state index in [0.717, 1.165) is 22.6 Å². The van der Waals surface area contributed by atoms with Gasteiger partial charge in [0.1, 0.15) is 23.0 Å². The first-order chi connectivity index (χ1) is 16.3. The van der Waals surface area contributed by atoms with Crippen molar-refractivity contribution in [2.75, 3.05) is 33.2 Å². The zero-order valence-electron chi connectivity index (χ0n) is 19.6. The molecule has 0 unspecified atom stereocenters. The Balaban J connectivity index is 2.05. The number of benzene rings is 2. The number of anilines is 1. The summed E-state index contributed by atoms with van der Waals surface area (Å²) < 4.78 is 11.1. The van der Waals surface area contributed by atoms with E-state index in [1.54, 1.807) is 31.4 Å². The number of methoxy groups -OCH3 is 2. The molecule has 0 bridgehead atoms. The van der Waals surface area contributed by atoms with Gasteiger partial charge in [0.25, 0.3) is 5.69 Å². The second kappa shape index (κ2) is 11.5. The molecule has 0 aliphatic heterocycles. The third-order valence-corrected chi connectivity index (χ3v) is 5.64. The molecule has 8 nitrogen and oxygen atoms in total. The Bertz CT molecular complexity index is 1100. The van der Waals surface area contributed by atoms with Crippen LogP contribution in [0.25, 0.3) is 6.08 Å². The predicted molar refractivity (Wildman–Crippen MR) is 137 cm³/mol. The fourth-order valence-corrected chi connectivity index (χ4v) is 3.86. The lowest BCUT2D eigenvalue weighted by molar-refractivity contribution is -0.385. The molecule has 0 aliphatic carbocycles. The average Bonchev–Trinajstić information content (AvgIpc) is 2.83. The van der Waals surface area contributed by atoms with E-state index in [1.165, 1.54) is 6.07 Å². The van der Waals surface area contributed by atoms with Crippen LogP contribution in [-0.4, -0.2) is 43.1 Å². The molecule has 1 heterocycles. The molecule has 0 amide bonds. The van der Waals surface area contributed by atoms with Crippen LogP contribution in [0.15, 0.2) is 65.3 Å². The van der Waals surface area contributed by atoms with Gasteiger partial charge in [0.15, 0.2) is 0 Å². The molecule has 2 aromatic carbocycles. The van der Waals surface area contributed by atoms with Gasteiger partial charge in [-0.3, -0.25) is 10.1 Å². The number of nitro groups is 1. The van der Waals surface area contributed by atoms with E-state index in [0.29, 0.717) is 23.4 Å². The van der Waals surface area contributed by atoms with E-state index in [4.69, 9.17) is 14.5 Å². The quantitative estimate of drug-likeness (QED) is 0.254. The van der Waals surface area contributed by atoms with Crippen LogP contribution in [-0.2, 0) is 13.1 Å². The van der Waals surface area contributed by atoms with Crippen molar-refractivity contribution in [1.29, 1.82) is 0 Å². The molecule has 0 saturated carbocycles. The number of hydrogen-bond acceptors (Lipinski definition) is 7. The molecule has 178 valence electrons. The summed E-state index contributed by atoms with van der Waals surface area (Å²) in [5, 5.41) is 11.7. The van der Waals surface area contributed by atoms with Crippen molar-refractivity contribution < 1.29 is 14.4 Å². The van der Waals surface area contributed by atoms with E-state index in [-0.39, 0.29) is 11.4 Å². The minimum absolute atomic E-state index is 0.0671. The van der Waals surface area contributed by atoms with Crippen LogP contribution >= 0.6 is 15.9 Å². The molecule has 0 N–H and O–H groups in total. The summed E-state index contributed by atoms with van der Waals surface area (Å²) in [7, 11) is 6.96. The molecule has 0 aliphatic rings. The van der Waals surface area contributed by atoms with Gasteiger partial charge in [0.05, 0.1) is 23.6 Å². The standard InChI is InChI=1S/C25H27BrN4O4/c1-28(2)14-13-23-24(30(31)32)15-22(26)25(27-23)29(16-18-5-9-20(33-3)10-6-18)17-19-7-11-21(34-4)12-8-19/h5-15H,16-17H2,1-4H3/b14-13+. The van der Waals surface area contributed by atoms with Crippen molar-refractivity contribution in [3.8, 4) is 11.5 Å². The molecular weight excluding hydrogens is 500 g/mol. The minimum atomic E-state index is -0.422. The number of ether oxygens (including phenoxy) is 2. The van der Waals surface area contributed by atoms with Gasteiger partial charge in [0.2, 0.25) is 0 Å². The van der Waals surface area contributed by atoms with E-state index < -0.39 is 4.92 Å². The highest BCUT2D eigenvalue weighted by Crippen LogP contribution is 2.33. The lowest BCUT2D eigenvalue weighted by Gasteiger charge is -2.26. The van der Waals surface area contributed by atoms with E-state index >= 15 is 0 Å². The Morgan fingerprint density at radius 3 is 1.88 bits per heavy atom. The van der Waals surface area contributed by atoms with Gasteiger partial charge < -0.3 is 19.3 Å². The minimum Gasteiger partial charge on any atom is -0.497 e. The lowest BCUT2D eigenvalue weighted by atomic mass is 10.1. The number of halogens is 1. The van der Waals surface area contributed by atoms with Gasteiger partial charge in [0, 0.05) is 39.5 Å². The number of aromatic nitrogens is 1. The van der Waals surface area contributed by atoms with Gasteiger partial charge in [-0.05, 0) is 57.4 Å². The summed E-state index contributed by atoms with van der Waals surface area (Å²) in [6, 6.07) is 17.1. The first-order valence-electron chi connectivity index (χ1n) is 10.5. The number of hydrogen-bond donors (Lipinski definition) is 0. The maximum absolute atomic E-state index is 11.7. The first kappa shape index (κ1) is 25.0. The highest BCUT2D eigenvalue weighted by Gasteiger charge is 2.21. The van der Waals surface area contributed by atoms with Gasteiger partial charge in [-0.2, -0.15) is 0 Å². The molecule has 0 radical (unpaired) electrons. The molecular formula is C25H27BrN4O4. The summed E-state index contributed by atoms with van der Waals surface area (Å²) in [5.41, 5.74) is 2.31. The van der Waals surface area contributed by atoms with Gasteiger partial charge in [-0.15, -0.1) is 0 Å². The van der Waals surface area contributed by atoms with Crippen molar-refractivity contribution >= 4 is 33.5 Å². The summed E-state index contributed by atoms with van der Waals surface area (Å²) >= 11 is 3.52. The van der Waals surface area contributed by atoms with Crippen molar-refractivity contribution in [2.24, 2.45) is 0 Å². The van der Waals surface area contributed by atoms with E-state index in [1.807, 2.05) is 62.6 Å². The highest BCUT2D eigenvalue weighted by atomic mass is 79.9. The van der Waals surface area contributed by atoms with Gasteiger partial charge in [-0.25, -0.2) is 4.98 Å². The van der Waals surface area contributed by atoms with Crippen LogP contribution in [0, 0.1) is 10.1 Å². The van der Waals surface area contributed by atoms with Crippen LogP contribution in [0.1, 0.15) is 16.8 Å². The monoisotopic (exact) mass is 526 g/mol. The largest absolute Gasteiger partial charge is 0.497 e. The Hall–Kier alpha value is -3.59. The number of rotatable bonds is 10. The Labute approximate surface area is 207 Å². The molecule has 9 heteroatoms. The molecule has 0 atom stereocenters. The molecule has 3 aromatic rings. The van der Waals surface area contributed by atoms with Crippen LogP contribution in [0.4, 0.5) is 11.5 Å². The second-order valence-corrected chi connectivity index (χ2v) is 8.64. The van der Waals surface area contributed by atoms with E-state index in [9.17, 15) is 10.1 Å². The van der Waals surface area contributed by atoms with Crippen LogP contribution < -0.4 is 14.4 Å². The summed E-state index contributed by atoms with van der Waals surface area (Å²) in [6.45, 7) is 1.08. The molecule has 1 aromatic heterocycles. The maximum Gasteiger partial charge on any atom is 0.296 e. The maximum atomic E-state index is 11.7. The Kier molecular flexibility index (Phi) is 8.48. The first-order valence-corrected chi connectivity index (χ1v) is 11.3. The smallest absolute Gasteiger partial charge is 0.296 e. The summed E-state index contributed by atoms with van der Waals surface area (Å²) in [5.74, 6) is 2.16. The number of nitrogens with zero attached hydrogens (tertiary/aromatic N) is 4. The van der Waals surface area contributed by atoms with E-state index in [2.05, 4.69) is 20.8 Å². The zero-order chi connectivity index (χ0) is 24.7. The summed E-state index contributed by atoms with van der Waals surface area (Å²) in [4.78, 5) is 19.8. The summed E-state index contributed by atoms with van der Waals surface area (Å²) in [6.07, 6.45) is 3.39. The highest BCUT2D eigenvalue weighted by molar-refractivity contribution is 9.10. The van der Waals surface area contributed by atoms with Crippen LogP contribution in [0.5, 0.6) is 11.5 Å². The fourth-order valence-electron chi connectivity index (χ4n) is 3.30. The SMILES string of the molecule is COc1ccc(CN(Cc2ccc(OC)cc2)c2nc(/C=C/N(C)C)c([N+](=O)[O-])cc2Br)cc1. The third-order valence-electron chi connectivity index (χ3n) is 5.06. The number of pyridine rings is 1. The fraction of sp³-hybridized carbons (Fsp3) is 0.240. The average molecular weight is 527 g/mol. The van der Waals surface area contributed by atoms with Crippen LogP contribution in [0.3, 0.4) is 0 Å². The molecule has 3 rings (SSSR count). The van der Waals surface area contributed by atoms with Crippen LogP contribution in [0.2, 0.25) is 0 Å². The second-order valence-electron chi connectivity index (χ2n) is 7.79. The van der Waals surface area contributed by atoms with Gasteiger partial charge >= 0.3 is 0 Å². The van der Waals surface area contributed by atoms with Crippen molar-refractivity contribution in [1.82, 2.24) is 9.88 Å². The Morgan fingerprint density at radius 1 is 0.971 bits per heavy atom. The van der Waals surface area contributed by atoms with Crippen molar-refractivity contribution in [3.63, 3.8) is 0 Å². The third kappa shape index (κ3) is 6.48. The molecule has 0 fully saturated rings. The van der Waals surface area contributed by atoms with Crippen molar-refractivity contribution in [3.05, 3.63) is 92.2 Å². The Morgan fingerprint density at radius 2 is 1.47 bits per heavy atom. The molecule has 0 saturated heterocycles. The molecule has 34 heavy (non-hydrogen) atoms. The zero-order valence-corrected chi connectivity index (χ0v) is 21.2. The lowest BCUT2D eigenvalue weighted by Crippen LogP contribution is -2.24.